The molecule has 1 atom stereocenters. The highest BCUT2D eigenvalue weighted by atomic mass is 19.4. The molecule has 1 aliphatic rings. The summed E-state index contributed by atoms with van der Waals surface area (Å²) in [5.41, 5.74) is -0.429. The molecule has 17 heteroatoms. The average Bonchev–Trinajstić information content (AvgIpc) is 3.58. The van der Waals surface area contributed by atoms with Gasteiger partial charge in [-0.15, -0.1) is 0 Å². The van der Waals surface area contributed by atoms with Crippen molar-refractivity contribution in [3.05, 3.63) is 47.3 Å². The number of rotatable bonds is 7. The molecular formula is C25H30F7N7O3. The van der Waals surface area contributed by atoms with E-state index in [1.807, 2.05) is 5.32 Å². The summed E-state index contributed by atoms with van der Waals surface area (Å²) in [6.45, 7) is 5.03. The van der Waals surface area contributed by atoms with E-state index in [0.717, 1.165) is 32.1 Å². The van der Waals surface area contributed by atoms with Crippen molar-refractivity contribution in [3.63, 3.8) is 0 Å². The Morgan fingerprint density at radius 1 is 1.19 bits per heavy atom. The second kappa shape index (κ2) is 12.1. The molecule has 3 heterocycles. The van der Waals surface area contributed by atoms with E-state index in [2.05, 4.69) is 25.1 Å². The van der Waals surface area contributed by atoms with Crippen molar-refractivity contribution in [2.24, 2.45) is 0 Å². The van der Waals surface area contributed by atoms with Crippen LogP contribution in [0.1, 0.15) is 55.6 Å². The third-order valence-electron chi connectivity index (χ3n) is 6.42. The van der Waals surface area contributed by atoms with Crippen molar-refractivity contribution >= 4 is 23.0 Å². The molecule has 0 spiro atoms. The summed E-state index contributed by atoms with van der Waals surface area (Å²) in [5.74, 6) is -0.962. The summed E-state index contributed by atoms with van der Waals surface area (Å²) in [6, 6.07) is 2.12. The lowest BCUT2D eigenvalue weighted by Crippen LogP contribution is -2.40. The lowest BCUT2D eigenvalue weighted by molar-refractivity contribution is -0.255. The Hall–Kier alpha value is -3.89. The molecule has 3 amide bonds. The van der Waals surface area contributed by atoms with Gasteiger partial charge in [-0.05, 0) is 45.4 Å². The topological polar surface area (TPSA) is 117 Å². The van der Waals surface area contributed by atoms with Crippen LogP contribution in [-0.2, 0) is 17.8 Å². The van der Waals surface area contributed by atoms with Gasteiger partial charge in [0.1, 0.15) is 11.9 Å². The Labute approximate surface area is 235 Å². The third kappa shape index (κ3) is 7.49. The maximum Gasteiger partial charge on any atom is 0.416 e. The Balaban J connectivity index is 0.000000467. The zero-order valence-corrected chi connectivity index (χ0v) is 23.2. The smallest absolute Gasteiger partial charge is 0.369 e. The highest BCUT2D eigenvalue weighted by molar-refractivity contribution is 5.92. The van der Waals surface area contributed by atoms with E-state index < -0.39 is 48.3 Å². The number of carbonyl (C=O) groups excluding carboxylic acids is 2. The largest absolute Gasteiger partial charge is 0.416 e. The fourth-order valence-electron chi connectivity index (χ4n) is 3.73. The van der Waals surface area contributed by atoms with Crippen LogP contribution in [0.4, 0.5) is 35.5 Å². The average molecular weight is 610 g/mol. The van der Waals surface area contributed by atoms with E-state index in [9.17, 15) is 40.3 Å². The van der Waals surface area contributed by atoms with Crippen LogP contribution in [-0.4, -0.2) is 74.2 Å². The normalized spacial score (nSPS) is 16.1. The van der Waals surface area contributed by atoms with Crippen LogP contribution in [0, 0.1) is 5.82 Å². The predicted octanol–water partition coefficient (Wildman–Crippen LogP) is 4.84. The zero-order valence-electron chi connectivity index (χ0n) is 23.2. The molecular weight excluding hydrogens is 579 g/mol. The summed E-state index contributed by atoms with van der Waals surface area (Å²) in [7, 11) is 1.04. The van der Waals surface area contributed by atoms with Crippen molar-refractivity contribution in [2.45, 2.75) is 70.8 Å². The van der Waals surface area contributed by atoms with Crippen molar-refractivity contribution in [1.29, 1.82) is 0 Å². The Kier molecular flexibility index (Phi) is 9.44. The van der Waals surface area contributed by atoms with Gasteiger partial charge in [0.05, 0.1) is 30.3 Å². The number of imidazole rings is 1. The first-order valence-electron chi connectivity index (χ1n) is 12.6. The SMILES string of the molecule is CC(C)n1ncc(F)c1C(=O)NCc1nc2ccc(CN3CC(C(F)(F)F)NC3=O)cc2[nH]1.COC(C)(C)C(F)(F)F. The van der Waals surface area contributed by atoms with E-state index in [0.29, 0.717) is 22.4 Å². The van der Waals surface area contributed by atoms with Crippen molar-refractivity contribution < 1.29 is 45.1 Å². The molecule has 42 heavy (non-hydrogen) atoms. The monoisotopic (exact) mass is 609 g/mol. The van der Waals surface area contributed by atoms with Gasteiger partial charge in [-0.3, -0.25) is 9.48 Å². The molecule has 1 fully saturated rings. The Bertz CT molecular complexity index is 1410. The minimum atomic E-state index is -4.51. The van der Waals surface area contributed by atoms with E-state index in [1.165, 1.54) is 4.68 Å². The Morgan fingerprint density at radius 3 is 2.38 bits per heavy atom. The quantitative estimate of drug-likeness (QED) is 0.332. The fourth-order valence-corrected chi connectivity index (χ4v) is 3.73. The number of H-pyrrole nitrogens is 1. The number of ether oxygens (including phenoxy) is 1. The highest BCUT2D eigenvalue weighted by Crippen LogP contribution is 2.31. The van der Waals surface area contributed by atoms with Crippen LogP contribution in [0.3, 0.4) is 0 Å². The molecule has 4 rings (SSSR count). The van der Waals surface area contributed by atoms with Gasteiger partial charge < -0.3 is 25.3 Å². The number of hydrogen-bond donors (Lipinski definition) is 3. The van der Waals surface area contributed by atoms with Crippen molar-refractivity contribution in [1.82, 2.24) is 35.3 Å². The first-order chi connectivity index (χ1) is 19.3. The number of aromatic amines is 1. The molecule has 232 valence electrons. The van der Waals surface area contributed by atoms with Crippen LogP contribution >= 0.6 is 0 Å². The van der Waals surface area contributed by atoms with Gasteiger partial charge in [0.25, 0.3) is 5.91 Å². The van der Waals surface area contributed by atoms with Gasteiger partial charge in [-0.25, -0.2) is 14.2 Å². The lowest BCUT2D eigenvalue weighted by atomic mass is 10.1. The lowest BCUT2D eigenvalue weighted by Gasteiger charge is -2.25. The third-order valence-corrected chi connectivity index (χ3v) is 6.42. The van der Waals surface area contributed by atoms with Gasteiger partial charge in [0, 0.05) is 19.7 Å². The molecule has 0 aliphatic carbocycles. The van der Waals surface area contributed by atoms with Crippen LogP contribution in [0.2, 0.25) is 0 Å². The predicted molar refractivity (Wildman–Crippen MR) is 136 cm³/mol. The summed E-state index contributed by atoms with van der Waals surface area (Å²) in [4.78, 5) is 32.8. The molecule has 0 saturated carbocycles. The van der Waals surface area contributed by atoms with Gasteiger partial charge in [0.15, 0.2) is 17.1 Å². The summed E-state index contributed by atoms with van der Waals surface area (Å²) >= 11 is 0. The van der Waals surface area contributed by atoms with E-state index >= 15 is 0 Å². The maximum atomic E-state index is 14.0. The summed E-state index contributed by atoms with van der Waals surface area (Å²) in [6.07, 6.45) is -7.80. The molecule has 0 bridgehead atoms. The first kappa shape index (κ1) is 32.6. The van der Waals surface area contributed by atoms with Crippen molar-refractivity contribution in [2.75, 3.05) is 13.7 Å². The molecule has 2 aromatic heterocycles. The summed E-state index contributed by atoms with van der Waals surface area (Å²) < 4.78 is 93.1. The minimum absolute atomic E-state index is 0.00207. The number of nitrogens with zero attached hydrogens (tertiary/aromatic N) is 4. The summed E-state index contributed by atoms with van der Waals surface area (Å²) in [5, 5.41) is 8.39. The second-order valence-corrected chi connectivity index (χ2v) is 10.2. The van der Waals surface area contributed by atoms with Crippen LogP contribution in [0.25, 0.3) is 11.0 Å². The number of urea groups is 1. The van der Waals surface area contributed by atoms with E-state index in [-0.39, 0.29) is 24.8 Å². The first-order valence-corrected chi connectivity index (χ1v) is 12.6. The number of amides is 3. The number of nitrogens with one attached hydrogen (secondary N) is 3. The minimum Gasteiger partial charge on any atom is -0.369 e. The van der Waals surface area contributed by atoms with Gasteiger partial charge in [0.2, 0.25) is 0 Å². The molecule has 0 radical (unpaired) electrons. The number of aromatic nitrogens is 4. The van der Waals surface area contributed by atoms with Gasteiger partial charge in [-0.2, -0.15) is 31.4 Å². The fraction of sp³-hybridized carbons (Fsp3) is 0.520. The number of alkyl halides is 6. The molecule has 1 saturated heterocycles. The molecule has 1 aliphatic heterocycles. The molecule has 3 aromatic rings. The molecule has 1 aromatic carbocycles. The molecule has 1 unspecified atom stereocenters. The number of carbonyl (C=O) groups is 2. The van der Waals surface area contributed by atoms with Crippen molar-refractivity contribution in [3.8, 4) is 0 Å². The molecule has 3 N–H and O–H groups in total. The standard InChI is InChI=1S/C20H21F4N7O2.C5H9F3O/c1-10(2)31-17(12(21)6-26-31)18(32)25-7-16-27-13-4-3-11(5-14(13)28-16)8-30-9-15(20(22,23)24)29-19(30)33;1-4(2,9-3)5(6,7)8/h3-6,10,15H,7-9H2,1-2H3,(H,25,32)(H,27,28)(H,29,33);1-3H3. The maximum absolute atomic E-state index is 14.0. The number of methoxy groups -OCH3 is 1. The zero-order chi connectivity index (χ0) is 31.6. The van der Waals surface area contributed by atoms with Crippen LogP contribution in [0.15, 0.2) is 24.4 Å². The highest BCUT2D eigenvalue weighted by Gasteiger charge is 2.48. The van der Waals surface area contributed by atoms with E-state index in [1.54, 1.807) is 32.0 Å². The van der Waals surface area contributed by atoms with Gasteiger partial charge in [-0.1, -0.05) is 6.07 Å². The molecule has 10 nitrogen and oxygen atoms in total. The number of halogens is 7. The number of benzene rings is 1. The van der Waals surface area contributed by atoms with Gasteiger partial charge >= 0.3 is 18.4 Å². The van der Waals surface area contributed by atoms with Crippen LogP contribution in [0.5, 0.6) is 0 Å². The Morgan fingerprint density at radius 2 is 1.86 bits per heavy atom. The van der Waals surface area contributed by atoms with E-state index in [4.69, 9.17) is 0 Å². The number of fused-ring (bicyclic) bond motifs is 1. The second-order valence-electron chi connectivity index (χ2n) is 10.2. The number of hydrogen-bond acceptors (Lipinski definition) is 5. The van der Waals surface area contributed by atoms with Crippen LogP contribution < -0.4 is 10.6 Å².